The second kappa shape index (κ2) is 8.08. The Morgan fingerprint density at radius 1 is 1.17 bits per heavy atom. The molecule has 1 unspecified atom stereocenters. The molecule has 2 saturated heterocycles. The van der Waals surface area contributed by atoms with Crippen molar-refractivity contribution in [2.45, 2.75) is 38.3 Å². The molecule has 2 aliphatic rings. The Morgan fingerprint density at radius 2 is 2.00 bits per heavy atom. The first-order valence-electron chi connectivity index (χ1n) is 8.87. The van der Waals surface area contributed by atoms with Gasteiger partial charge in [-0.1, -0.05) is 12.5 Å². The van der Waals surface area contributed by atoms with Gasteiger partial charge in [0.15, 0.2) is 0 Å². The molecule has 2 heterocycles. The minimum atomic E-state index is -0.124. The topological polar surface area (TPSA) is 38.7 Å². The smallest absolute Gasteiger partial charge is 0.146 e. The molecule has 0 saturated carbocycles. The average molecular weight is 321 g/mol. The van der Waals surface area contributed by atoms with E-state index in [1.807, 2.05) is 12.1 Å². The van der Waals surface area contributed by atoms with E-state index < -0.39 is 0 Å². The highest BCUT2D eigenvalue weighted by Gasteiger charge is 2.22. The van der Waals surface area contributed by atoms with Gasteiger partial charge >= 0.3 is 0 Å². The summed E-state index contributed by atoms with van der Waals surface area (Å²) in [5.41, 5.74) is 1.91. The van der Waals surface area contributed by atoms with Crippen molar-refractivity contribution in [1.82, 2.24) is 10.2 Å². The van der Waals surface area contributed by atoms with Gasteiger partial charge in [-0.2, -0.15) is 0 Å². The third kappa shape index (κ3) is 4.22. The van der Waals surface area contributed by atoms with Crippen LogP contribution < -0.4 is 10.2 Å². The molecule has 128 valence electrons. The Balaban J connectivity index is 1.72. The zero-order valence-corrected chi connectivity index (χ0v) is 13.8. The Hall–Kier alpha value is -1.17. The maximum atomic E-state index is 14.2. The van der Waals surface area contributed by atoms with Crippen LogP contribution >= 0.6 is 0 Å². The first-order chi connectivity index (χ1) is 11.3. The third-order valence-electron chi connectivity index (χ3n) is 5.07. The minimum absolute atomic E-state index is 0.124. The van der Waals surface area contributed by atoms with Crippen molar-refractivity contribution in [3.63, 3.8) is 0 Å². The molecule has 1 aromatic carbocycles. The predicted molar refractivity (Wildman–Crippen MR) is 91.2 cm³/mol. The van der Waals surface area contributed by atoms with Gasteiger partial charge in [0.05, 0.1) is 5.69 Å². The number of piperazine rings is 1. The lowest BCUT2D eigenvalue weighted by Crippen LogP contribution is -2.44. The monoisotopic (exact) mass is 321 g/mol. The van der Waals surface area contributed by atoms with Crippen LogP contribution in [0.1, 0.15) is 31.2 Å². The van der Waals surface area contributed by atoms with Gasteiger partial charge in [0, 0.05) is 45.4 Å². The van der Waals surface area contributed by atoms with Crippen molar-refractivity contribution in [1.29, 1.82) is 0 Å². The van der Waals surface area contributed by atoms with Crippen molar-refractivity contribution in [2.75, 3.05) is 44.2 Å². The van der Waals surface area contributed by atoms with Crippen LogP contribution in [0.5, 0.6) is 0 Å². The number of hydrogen-bond acceptors (Lipinski definition) is 4. The number of aliphatic hydroxyl groups is 1. The predicted octanol–water partition coefficient (Wildman–Crippen LogP) is 1.97. The SMILES string of the molecule is OCCC1CCCCN1Cc1ccc(F)c(N2CCNCC2)c1. The largest absolute Gasteiger partial charge is 0.396 e. The molecule has 2 N–H and O–H groups in total. The number of aliphatic hydroxyl groups excluding tert-OH is 1. The highest BCUT2D eigenvalue weighted by atomic mass is 19.1. The summed E-state index contributed by atoms with van der Waals surface area (Å²) in [5, 5.41) is 12.6. The number of rotatable bonds is 5. The fourth-order valence-corrected chi connectivity index (χ4v) is 3.78. The maximum absolute atomic E-state index is 14.2. The van der Waals surface area contributed by atoms with Crippen LogP contribution in [0.15, 0.2) is 18.2 Å². The first-order valence-corrected chi connectivity index (χ1v) is 8.87. The maximum Gasteiger partial charge on any atom is 0.146 e. The summed E-state index contributed by atoms with van der Waals surface area (Å²) >= 11 is 0. The van der Waals surface area contributed by atoms with Gasteiger partial charge in [0.2, 0.25) is 0 Å². The number of halogens is 1. The molecule has 0 aromatic heterocycles. The zero-order chi connectivity index (χ0) is 16.1. The van der Waals surface area contributed by atoms with Crippen molar-refractivity contribution >= 4 is 5.69 Å². The lowest BCUT2D eigenvalue weighted by molar-refractivity contribution is 0.112. The first kappa shape index (κ1) is 16.7. The summed E-state index contributed by atoms with van der Waals surface area (Å²) in [5.74, 6) is -0.124. The van der Waals surface area contributed by atoms with E-state index in [1.165, 1.54) is 18.4 Å². The van der Waals surface area contributed by atoms with E-state index in [4.69, 9.17) is 0 Å². The molecule has 2 aliphatic heterocycles. The molecule has 2 fully saturated rings. The highest BCUT2D eigenvalue weighted by Crippen LogP contribution is 2.25. The van der Waals surface area contributed by atoms with E-state index in [0.29, 0.717) is 6.04 Å². The van der Waals surface area contributed by atoms with Gasteiger partial charge in [0.1, 0.15) is 5.82 Å². The molecule has 5 heteroatoms. The zero-order valence-electron chi connectivity index (χ0n) is 13.8. The number of piperidine rings is 1. The van der Waals surface area contributed by atoms with E-state index in [9.17, 15) is 9.50 Å². The molecule has 0 spiro atoms. The Kier molecular flexibility index (Phi) is 5.86. The molecule has 0 bridgehead atoms. The lowest BCUT2D eigenvalue weighted by Gasteiger charge is -2.36. The number of nitrogens with zero attached hydrogens (tertiary/aromatic N) is 2. The molecular weight excluding hydrogens is 293 g/mol. The third-order valence-corrected chi connectivity index (χ3v) is 5.07. The summed E-state index contributed by atoms with van der Waals surface area (Å²) in [4.78, 5) is 4.59. The molecule has 1 atom stereocenters. The van der Waals surface area contributed by atoms with Crippen LogP contribution in [-0.4, -0.2) is 55.4 Å². The Morgan fingerprint density at radius 3 is 2.78 bits per heavy atom. The van der Waals surface area contributed by atoms with E-state index in [2.05, 4.69) is 15.1 Å². The second-order valence-corrected chi connectivity index (χ2v) is 6.66. The van der Waals surface area contributed by atoms with Gasteiger partial charge in [0.25, 0.3) is 0 Å². The van der Waals surface area contributed by atoms with Crippen LogP contribution in [0, 0.1) is 5.82 Å². The summed E-state index contributed by atoms with van der Waals surface area (Å²) in [6.45, 7) is 5.71. The Labute approximate surface area is 138 Å². The average Bonchev–Trinajstić information content (AvgIpc) is 2.59. The van der Waals surface area contributed by atoms with Crippen LogP contribution in [-0.2, 0) is 6.54 Å². The quantitative estimate of drug-likeness (QED) is 0.870. The van der Waals surface area contributed by atoms with Crippen molar-refractivity contribution in [3.8, 4) is 0 Å². The number of likely N-dealkylation sites (tertiary alicyclic amines) is 1. The molecule has 3 rings (SSSR count). The Bertz CT molecular complexity index is 503. The van der Waals surface area contributed by atoms with Gasteiger partial charge in [-0.05, 0) is 43.5 Å². The summed E-state index contributed by atoms with van der Waals surface area (Å²) < 4.78 is 14.2. The van der Waals surface area contributed by atoms with Gasteiger partial charge in [-0.15, -0.1) is 0 Å². The van der Waals surface area contributed by atoms with Crippen molar-refractivity contribution in [2.24, 2.45) is 0 Å². The van der Waals surface area contributed by atoms with E-state index in [1.54, 1.807) is 6.07 Å². The van der Waals surface area contributed by atoms with E-state index in [0.717, 1.165) is 57.8 Å². The number of anilines is 1. The lowest BCUT2D eigenvalue weighted by atomic mass is 9.98. The highest BCUT2D eigenvalue weighted by molar-refractivity contribution is 5.50. The standard InChI is InChI=1S/C18H28FN3O/c19-17-5-4-15(13-18(17)21-10-7-20-8-11-21)14-22-9-2-1-3-16(22)6-12-23/h4-5,13,16,20,23H,1-3,6-12,14H2. The number of benzene rings is 1. The summed E-state index contributed by atoms with van der Waals surface area (Å²) in [6.07, 6.45) is 4.46. The van der Waals surface area contributed by atoms with Gasteiger partial charge in [-0.3, -0.25) is 4.90 Å². The van der Waals surface area contributed by atoms with Crippen molar-refractivity contribution in [3.05, 3.63) is 29.6 Å². The molecule has 23 heavy (non-hydrogen) atoms. The van der Waals surface area contributed by atoms with Crippen LogP contribution in [0.4, 0.5) is 10.1 Å². The van der Waals surface area contributed by atoms with Gasteiger partial charge < -0.3 is 15.3 Å². The number of hydrogen-bond donors (Lipinski definition) is 2. The molecule has 4 nitrogen and oxygen atoms in total. The van der Waals surface area contributed by atoms with Crippen LogP contribution in [0.25, 0.3) is 0 Å². The normalized spacial score (nSPS) is 23.2. The van der Waals surface area contributed by atoms with Crippen LogP contribution in [0.2, 0.25) is 0 Å². The fraction of sp³-hybridized carbons (Fsp3) is 0.667. The minimum Gasteiger partial charge on any atom is -0.396 e. The molecule has 1 aromatic rings. The summed E-state index contributed by atoms with van der Waals surface area (Å²) in [6, 6.07) is 6.00. The van der Waals surface area contributed by atoms with Crippen LogP contribution in [0.3, 0.4) is 0 Å². The summed E-state index contributed by atoms with van der Waals surface area (Å²) in [7, 11) is 0. The fourth-order valence-electron chi connectivity index (χ4n) is 3.78. The van der Waals surface area contributed by atoms with Gasteiger partial charge in [-0.25, -0.2) is 4.39 Å². The molecule has 0 aliphatic carbocycles. The van der Waals surface area contributed by atoms with E-state index >= 15 is 0 Å². The van der Waals surface area contributed by atoms with Crippen molar-refractivity contribution < 1.29 is 9.50 Å². The molecular formula is C18H28FN3O. The number of nitrogens with one attached hydrogen (secondary N) is 1. The molecule has 0 radical (unpaired) electrons. The molecule has 0 amide bonds. The second-order valence-electron chi connectivity index (χ2n) is 6.66. The van der Waals surface area contributed by atoms with E-state index in [-0.39, 0.29) is 12.4 Å².